The summed E-state index contributed by atoms with van der Waals surface area (Å²) >= 11 is 0. The first-order valence-electron chi connectivity index (χ1n) is 3.12. The first-order valence-corrected chi connectivity index (χ1v) is 3.12. The summed E-state index contributed by atoms with van der Waals surface area (Å²) in [5.74, 6) is 0.678. The Balaban J connectivity index is 2.52. The minimum absolute atomic E-state index is 0.678. The molecule has 4 nitrogen and oxygen atoms in total. The Morgan fingerprint density at radius 1 is 1.18 bits per heavy atom. The average Bonchev–Trinajstić information content (AvgIpc) is 2.28. The highest BCUT2D eigenvalue weighted by Gasteiger charge is 2.01. The number of aliphatic imine (C=N–C) groups is 1. The molecule has 11 heavy (non-hydrogen) atoms. The maximum Gasteiger partial charge on any atom is 0.157 e. The normalized spacial score (nSPS) is 13.5. The molecule has 0 aliphatic carbocycles. The van der Waals surface area contributed by atoms with Crippen LogP contribution in [0.4, 0.5) is 0 Å². The van der Waals surface area contributed by atoms with E-state index >= 15 is 0 Å². The van der Waals surface area contributed by atoms with E-state index in [9.17, 15) is 0 Å². The predicted molar refractivity (Wildman–Crippen MR) is 39.4 cm³/mol. The Hall–Kier alpha value is -1.71. The highest BCUT2D eigenvalue weighted by Crippen LogP contribution is 2.14. The molecule has 0 spiro atoms. The molecule has 0 fully saturated rings. The van der Waals surface area contributed by atoms with E-state index < -0.39 is 0 Å². The van der Waals surface area contributed by atoms with Crippen LogP contribution in [0.15, 0.2) is 29.8 Å². The molecule has 0 amide bonds. The van der Waals surface area contributed by atoms with E-state index in [2.05, 4.69) is 15.2 Å². The van der Waals surface area contributed by atoms with Gasteiger partial charge in [-0.3, -0.25) is 4.99 Å². The summed E-state index contributed by atoms with van der Waals surface area (Å²) in [6, 6.07) is 0. The summed E-state index contributed by atoms with van der Waals surface area (Å²) < 4.78 is 5.14. The summed E-state index contributed by atoms with van der Waals surface area (Å²) in [5, 5.41) is 7.36. The zero-order chi connectivity index (χ0) is 7.52. The molecule has 0 unspecified atom stereocenters. The molecule has 0 saturated carbocycles. The SMILES string of the molecule is C1=COc2cnncc2C=N1. The molecule has 0 atom stereocenters. The van der Waals surface area contributed by atoms with Gasteiger partial charge in [0.05, 0.1) is 24.2 Å². The van der Waals surface area contributed by atoms with Crippen molar-refractivity contribution in [3.63, 3.8) is 0 Å². The number of hydrogen-bond donors (Lipinski definition) is 0. The lowest BCUT2D eigenvalue weighted by Crippen LogP contribution is -1.90. The lowest BCUT2D eigenvalue weighted by atomic mass is 10.3. The first-order chi connectivity index (χ1) is 5.47. The van der Waals surface area contributed by atoms with Crippen LogP contribution in [0.1, 0.15) is 5.56 Å². The van der Waals surface area contributed by atoms with Crippen LogP contribution in [-0.4, -0.2) is 16.4 Å². The Labute approximate surface area is 63.2 Å². The molecule has 4 heteroatoms. The molecule has 1 aliphatic rings. The summed E-state index contributed by atoms with van der Waals surface area (Å²) in [7, 11) is 0. The van der Waals surface area contributed by atoms with Gasteiger partial charge in [0.1, 0.15) is 6.26 Å². The molecule has 0 saturated heterocycles. The van der Waals surface area contributed by atoms with Crippen molar-refractivity contribution in [2.45, 2.75) is 0 Å². The minimum Gasteiger partial charge on any atom is -0.461 e. The number of aromatic nitrogens is 2. The van der Waals surface area contributed by atoms with Crippen molar-refractivity contribution in [3.05, 3.63) is 30.4 Å². The third kappa shape index (κ3) is 1.10. The Morgan fingerprint density at radius 2 is 2.09 bits per heavy atom. The molecule has 0 aromatic carbocycles. The monoisotopic (exact) mass is 147 g/mol. The zero-order valence-corrected chi connectivity index (χ0v) is 5.64. The average molecular weight is 147 g/mol. The second kappa shape index (κ2) is 2.49. The standard InChI is InChI=1S/C7H5N3O/c1-2-11-7-5-10-9-4-6(7)3-8-1/h1-5H. The zero-order valence-electron chi connectivity index (χ0n) is 5.64. The van der Waals surface area contributed by atoms with Crippen molar-refractivity contribution in [3.8, 4) is 5.75 Å². The summed E-state index contributed by atoms with van der Waals surface area (Å²) in [6.07, 6.45) is 7.90. The van der Waals surface area contributed by atoms with Gasteiger partial charge in [0, 0.05) is 6.21 Å². The fraction of sp³-hybridized carbons (Fsp3) is 0. The molecule has 54 valence electrons. The fourth-order valence-electron chi connectivity index (χ4n) is 0.777. The van der Waals surface area contributed by atoms with Gasteiger partial charge in [0.2, 0.25) is 0 Å². The van der Waals surface area contributed by atoms with Crippen molar-refractivity contribution >= 4 is 6.21 Å². The lowest BCUT2D eigenvalue weighted by Gasteiger charge is -1.98. The molecule has 0 bridgehead atoms. The fourth-order valence-corrected chi connectivity index (χ4v) is 0.777. The highest BCUT2D eigenvalue weighted by atomic mass is 16.5. The molecule has 2 rings (SSSR count). The van der Waals surface area contributed by atoms with Crippen LogP contribution in [0.2, 0.25) is 0 Å². The maximum absolute atomic E-state index is 5.14. The van der Waals surface area contributed by atoms with E-state index in [4.69, 9.17) is 4.74 Å². The predicted octanol–water partition coefficient (Wildman–Crippen LogP) is 0.759. The largest absolute Gasteiger partial charge is 0.461 e. The number of ether oxygens (including phenoxy) is 1. The number of fused-ring (bicyclic) bond motifs is 1. The van der Waals surface area contributed by atoms with Crippen molar-refractivity contribution < 1.29 is 4.74 Å². The molecule has 1 aliphatic heterocycles. The first kappa shape index (κ1) is 6.03. The van der Waals surface area contributed by atoms with Gasteiger partial charge in [-0.2, -0.15) is 10.2 Å². The molecule has 1 aromatic rings. The van der Waals surface area contributed by atoms with Crippen LogP contribution >= 0.6 is 0 Å². The maximum atomic E-state index is 5.14. The van der Waals surface area contributed by atoms with Crippen LogP contribution in [0.5, 0.6) is 5.75 Å². The van der Waals surface area contributed by atoms with Gasteiger partial charge in [-0.1, -0.05) is 0 Å². The van der Waals surface area contributed by atoms with E-state index in [1.807, 2.05) is 0 Å². The Morgan fingerprint density at radius 3 is 3.09 bits per heavy atom. The van der Waals surface area contributed by atoms with E-state index in [0.29, 0.717) is 5.75 Å². The molecule has 0 radical (unpaired) electrons. The second-order valence-corrected chi connectivity index (χ2v) is 1.99. The van der Waals surface area contributed by atoms with Gasteiger partial charge in [-0.25, -0.2) is 0 Å². The van der Waals surface area contributed by atoms with E-state index in [1.54, 1.807) is 24.8 Å². The summed E-state index contributed by atoms with van der Waals surface area (Å²) in [6.45, 7) is 0. The van der Waals surface area contributed by atoms with Crippen molar-refractivity contribution in [2.75, 3.05) is 0 Å². The Bertz CT molecular complexity index is 319. The quantitative estimate of drug-likeness (QED) is 0.544. The van der Waals surface area contributed by atoms with Crippen LogP contribution in [-0.2, 0) is 0 Å². The highest BCUT2D eigenvalue weighted by molar-refractivity contribution is 5.83. The summed E-state index contributed by atoms with van der Waals surface area (Å²) in [5.41, 5.74) is 0.838. The van der Waals surface area contributed by atoms with Crippen molar-refractivity contribution in [2.24, 2.45) is 4.99 Å². The van der Waals surface area contributed by atoms with Crippen molar-refractivity contribution in [1.29, 1.82) is 0 Å². The molecule has 1 aromatic heterocycles. The third-order valence-corrected chi connectivity index (χ3v) is 1.28. The number of hydrogen-bond acceptors (Lipinski definition) is 4. The smallest absolute Gasteiger partial charge is 0.157 e. The van der Waals surface area contributed by atoms with E-state index in [0.717, 1.165) is 5.56 Å². The third-order valence-electron chi connectivity index (χ3n) is 1.28. The molecular formula is C7H5N3O. The van der Waals surface area contributed by atoms with Crippen LogP contribution < -0.4 is 4.74 Å². The van der Waals surface area contributed by atoms with Gasteiger partial charge in [0.15, 0.2) is 5.75 Å². The van der Waals surface area contributed by atoms with Gasteiger partial charge < -0.3 is 4.74 Å². The van der Waals surface area contributed by atoms with Gasteiger partial charge >= 0.3 is 0 Å². The minimum atomic E-state index is 0.678. The van der Waals surface area contributed by atoms with Crippen LogP contribution in [0.25, 0.3) is 0 Å². The molecular weight excluding hydrogens is 142 g/mol. The molecule has 2 heterocycles. The van der Waals surface area contributed by atoms with E-state index in [-0.39, 0.29) is 0 Å². The van der Waals surface area contributed by atoms with Crippen molar-refractivity contribution in [1.82, 2.24) is 10.2 Å². The van der Waals surface area contributed by atoms with Crippen LogP contribution in [0.3, 0.4) is 0 Å². The van der Waals surface area contributed by atoms with Crippen LogP contribution in [0, 0.1) is 0 Å². The second-order valence-electron chi connectivity index (χ2n) is 1.99. The topological polar surface area (TPSA) is 47.4 Å². The number of rotatable bonds is 0. The molecule has 0 N–H and O–H groups in total. The Kier molecular flexibility index (Phi) is 1.37. The summed E-state index contributed by atoms with van der Waals surface area (Å²) in [4.78, 5) is 3.91. The van der Waals surface area contributed by atoms with Gasteiger partial charge in [-0.15, -0.1) is 0 Å². The van der Waals surface area contributed by atoms with Gasteiger partial charge in [-0.05, 0) is 0 Å². The van der Waals surface area contributed by atoms with Gasteiger partial charge in [0.25, 0.3) is 0 Å². The van der Waals surface area contributed by atoms with E-state index in [1.165, 1.54) is 6.26 Å². The number of nitrogens with zero attached hydrogens (tertiary/aromatic N) is 3. The lowest BCUT2D eigenvalue weighted by molar-refractivity contribution is 0.476.